The van der Waals surface area contributed by atoms with Crippen molar-refractivity contribution < 1.29 is 13.2 Å². The Morgan fingerprint density at radius 2 is 1.70 bits per heavy atom. The number of rotatable bonds is 4. The van der Waals surface area contributed by atoms with Crippen molar-refractivity contribution in [1.82, 2.24) is 10.2 Å². The van der Waals surface area contributed by atoms with E-state index in [0.717, 1.165) is 44.7 Å². The van der Waals surface area contributed by atoms with Gasteiger partial charge in [0.1, 0.15) is 0 Å². The average molecular weight is 286 g/mol. The van der Waals surface area contributed by atoms with Crippen LogP contribution in [0, 0.1) is 23.4 Å². The van der Waals surface area contributed by atoms with Gasteiger partial charge in [0.05, 0.1) is 0 Å². The number of hydrogen-bond acceptors (Lipinski definition) is 2. The largest absolute Gasteiger partial charge is 0.314 e. The highest BCUT2D eigenvalue weighted by Gasteiger charge is 2.28. The summed E-state index contributed by atoms with van der Waals surface area (Å²) in [5, 5.41) is 3.26. The molecule has 1 aliphatic heterocycles. The van der Waals surface area contributed by atoms with Crippen LogP contribution in [0.5, 0.6) is 0 Å². The monoisotopic (exact) mass is 286 g/mol. The van der Waals surface area contributed by atoms with Gasteiger partial charge in [-0.15, -0.1) is 0 Å². The molecule has 0 aliphatic carbocycles. The molecule has 1 heterocycles. The highest BCUT2D eigenvalue weighted by Crippen LogP contribution is 2.32. The lowest BCUT2D eigenvalue weighted by molar-refractivity contribution is 0.128. The summed E-state index contributed by atoms with van der Waals surface area (Å²) in [4.78, 5) is 2.22. The van der Waals surface area contributed by atoms with Crippen molar-refractivity contribution >= 4 is 0 Å². The molecule has 1 N–H and O–H groups in total. The van der Waals surface area contributed by atoms with Crippen LogP contribution in [0.2, 0.25) is 0 Å². The van der Waals surface area contributed by atoms with E-state index < -0.39 is 17.5 Å². The molecule has 5 heteroatoms. The normalized spacial score (nSPS) is 19.9. The van der Waals surface area contributed by atoms with Crippen LogP contribution in [0.15, 0.2) is 12.1 Å². The third-order valence-corrected chi connectivity index (χ3v) is 4.08. The van der Waals surface area contributed by atoms with Crippen molar-refractivity contribution in [2.24, 2.45) is 5.92 Å². The van der Waals surface area contributed by atoms with Crippen LogP contribution >= 0.6 is 0 Å². The van der Waals surface area contributed by atoms with E-state index in [0.29, 0.717) is 5.56 Å². The highest BCUT2D eigenvalue weighted by molar-refractivity contribution is 5.23. The second-order valence-electron chi connectivity index (χ2n) is 5.41. The zero-order valence-corrected chi connectivity index (χ0v) is 11.9. The van der Waals surface area contributed by atoms with Crippen LogP contribution in [-0.2, 0) is 0 Å². The number of nitrogens with one attached hydrogen (secondary N) is 1. The van der Waals surface area contributed by atoms with Gasteiger partial charge >= 0.3 is 0 Å². The fourth-order valence-corrected chi connectivity index (χ4v) is 2.83. The zero-order chi connectivity index (χ0) is 14.7. The predicted octanol–water partition coefficient (Wildman–Crippen LogP) is 3.10. The molecule has 1 unspecified atom stereocenters. The van der Waals surface area contributed by atoms with Gasteiger partial charge in [0.2, 0.25) is 0 Å². The van der Waals surface area contributed by atoms with Crippen molar-refractivity contribution in [1.29, 1.82) is 0 Å². The van der Waals surface area contributed by atoms with Gasteiger partial charge in [-0.2, -0.15) is 0 Å². The Kier molecular flexibility index (Phi) is 5.05. The van der Waals surface area contributed by atoms with E-state index in [2.05, 4.69) is 24.1 Å². The van der Waals surface area contributed by atoms with Gasteiger partial charge in [-0.3, -0.25) is 4.90 Å². The van der Waals surface area contributed by atoms with Crippen molar-refractivity contribution in [2.75, 3.05) is 26.2 Å². The molecule has 1 fully saturated rings. The van der Waals surface area contributed by atoms with Crippen LogP contribution in [0.25, 0.3) is 0 Å². The smallest absolute Gasteiger partial charge is 0.194 e. The molecular formula is C15H21F3N2. The summed E-state index contributed by atoms with van der Waals surface area (Å²) in [7, 11) is 0. The van der Waals surface area contributed by atoms with Gasteiger partial charge in [-0.1, -0.05) is 20.3 Å². The fraction of sp³-hybridized carbons (Fsp3) is 0.600. The molecule has 0 spiro atoms. The van der Waals surface area contributed by atoms with Gasteiger partial charge in [-0.05, 0) is 23.6 Å². The third-order valence-electron chi connectivity index (χ3n) is 4.08. The summed E-state index contributed by atoms with van der Waals surface area (Å²) in [5.74, 6) is -3.36. The lowest BCUT2D eigenvalue weighted by Gasteiger charge is -2.38. The summed E-state index contributed by atoms with van der Waals surface area (Å²) < 4.78 is 40.1. The second-order valence-corrected chi connectivity index (χ2v) is 5.41. The quantitative estimate of drug-likeness (QED) is 0.856. The Bertz CT molecular complexity index is 435. The van der Waals surface area contributed by atoms with E-state index in [1.54, 1.807) is 0 Å². The van der Waals surface area contributed by atoms with E-state index >= 15 is 0 Å². The molecule has 0 aromatic heterocycles. The topological polar surface area (TPSA) is 15.3 Å². The Morgan fingerprint density at radius 3 is 2.20 bits per heavy atom. The number of halogens is 3. The zero-order valence-electron chi connectivity index (χ0n) is 11.9. The fourth-order valence-electron chi connectivity index (χ4n) is 2.83. The summed E-state index contributed by atoms with van der Waals surface area (Å²) in [5.41, 5.74) is 0.526. The van der Waals surface area contributed by atoms with E-state index in [1.165, 1.54) is 0 Å². The Balaban J connectivity index is 2.35. The molecule has 1 aliphatic rings. The van der Waals surface area contributed by atoms with Gasteiger partial charge in [0.25, 0.3) is 0 Å². The average Bonchev–Trinajstić information content (AvgIpc) is 2.46. The van der Waals surface area contributed by atoms with Crippen molar-refractivity contribution in [3.05, 3.63) is 35.1 Å². The first-order valence-electron chi connectivity index (χ1n) is 7.13. The molecule has 2 nitrogen and oxygen atoms in total. The summed E-state index contributed by atoms with van der Waals surface area (Å²) in [6, 6.07) is 2.20. The molecular weight excluding hydrogens is 265 g/mol. The minimum absolute atomic E-state index is 0.0771. The predicted molar refractivity (Wildman–Crippen MR) is 73.0 cm³/mol. The Labute approximate surface area is 118 Å². The first-order valence-corrected chi connectivity index (χ1v) is 7.13. The minimum Gasteiger partial charge on any atom is -0.314 e. The van der Waals surface area contributed by atoms with Crippen LogP contribution in [0.4, 0.5) is 13.2 Å². The van der Waals surface area contributed by atoms with Gasteiger partial charge < -0.3 is 5.32 Å². The Morgan fingerprint density at radius 1 is 1.15 bits per heavy atom. The summed E-state index contributed by atoms with van der Waals surface area (Å²) in [6.07, 6.45) is 0.898. The van der Waals surface area contributed by atoms with E-state index in [1.807, 2.05) is 0 Å². The molecule has 2 atom stereocenters. The second kappa shape index (κ2) is 6.59. The number of nitrogens with zero attached hydrogens (tertiary/aromatic N) is 1. The SMILES string of the molecule is CCC(C)[C@H](c1cc(F)c(F)c(F)c1)N1CCNCC1. The molecule has 20 heavy (non-hydrogen) atoms. The maximum Gasteiger partial charge on any atom is 0.194 e. The van der Waals surface area contributed by atoms with Gasteiger partial charge in [-0.25, -0.2) is 13.2 Å². The maximum absolute atomic E-state index is 13.5. The molecule has 0 bridgehead atoms. The number of piperazine rings is 1. The lowest BCUT2D eigenvalue weighted by Crippen LogP contribution is -2.46. The van der Waals surface area contributed by atoms with E-state index in [4.69, 9.17) is 0 Å². The summed E-state index contributed by atoms with van der Waals surface area (Å²) >= 11 is 0. The minimum atomic E-state index is -1.39. The van der Waals surface area contributed by atoms with E-state index in [-0.39, 0.29) is 12.0 Å². The van der Waals surface area contributed by atoms with Crippen LogP contribution in [0.3, 0.4) is 0 Å². The first-order chi connectivity index (χ1) is 9.54. The Hall–Kier alpha value is -1.07. The van der Waals surface area contributed by atoms with Gasteiger partial charge in [0.15, 0.2) is 17.5 Å². The van der Waals surface area contributed by atoms with Gasteiger partial charge in [0, 0.05) is 32.2 Å². The molecule has 1 saturated heterocycles. The highest BCUT2D eigenvalue weighted by atomic mass is 19.2. The first kappa shape index (κ1) is 15.3. The van der Waals surface area contributed by atoms with Crippen LogP contribution in [-0.4, -0.2) is 31.1 Å². The molecule has 1 aromatic carbocycles. The lowest BCUT2D eigenvalue weighted by atomic mass is 9.90. The molecule has 2 rings (SSSR count). The third kappa shape index (κ3) is 3.15. The van der Waals surface area contributed by atoms with Crippen molar-refractivity contribution in [2.45, 2.75) is 26.3 Å². The van der Waals surface area contributed by atoms with E-state index in [9.17, 15) is 13.2 Å². The number of hydrogen-bond donors (Lipinski definition) is 1. The van der Waals surface area contributed by atoms with Crippen LogP contribution in [0.1, 0.15) is 31.9 Å². The molecule has 0 radical (unpaired) electrons. The standard InChI is InChI=1S/C15H21F3N2/c1-3-10(2)15(20-6-4-19-5-7-20)11-8-12(16)14(18)13(17)9-11/h8-10,15,19H,3-7H2,1-2H3/t10?,15-/m1/s1. The van der Waals surface area contributed by atoms with Crippen molar-refractivity contribution in [3.8, 4) is 0 Å². The summed E-state index contributed by atoms with van der Waals surface area (Å²) in [6.45, 7) is 7.49. The maximum atomic E-state index is 13.5. The molecule has 0 amide bonds. The van der Waals surface area contributed by atoms with Crippen LogP contribution < -0.4 is 5.32 Å². The molecule has 1 aromatic rings. The number of benzene rings is 1. The van der Waals surface area contributed by atoms with Crippen molar-refractivity contribution in [3.63, 3.8) is 0 Å². The molecule has 0 saturated carbocycles. The molecule has 112 valence electrons.